The van der Waals surface area contributed by atoms with Gasteiger partial charge in [-0.1, -0.05) is 54.1 Å². The number of hydrogen-bond donors (Lipinski definition) is 1. The van der Waals surface area contributed by atoms with Gasteiger partial charge in [0.1, 0.15) is 12.4 Å². The molecule has 8 nitrogen and oxygen atoms in total. The van der Waals surface area contributed by atoms with Crippen molar-refractivity contribution in [2.75, 3.05) is 13.6 Å². The summed E-state index contributed by atoms with van der Waals surface area (Å²) in [6.07, 6.45) is 1.65. The average Bonchev–Trinajstić information content (AvgIpc) is 2.89. The Morgan fingerprint density at radius 1 is 1.13 bits per heavy atom. The summed E-state index contributed by atoms with van der Waals surface area (Å²) in [6, 6.07) is 13.6. The van der Waals surface area contributed by atoms with Crippen molar-refractivity contribution < 1.29 is 28.6 Å². The summed E-state index contributed by atoms with van der Waals surface area (Å²) in [6.45, 7) is 0.209. The number of rotatable bonds is 8. The highest BCUT2D eigenvalue weighted by atomic mass is 35.5. The number of halogens is 2. The molecule has 5 rings (SSSR count). The first-order chi connectivity index (χ1) is 18.6. The van der Waals surface area contributed by atoms with Crippen LogP contribution >= 0.6 is 11.6 Å². The number of aryl methyl sites for hydroxylation is 1. The van der Waals surface area contributed by atoms with Gasteiger partial charge in [-0.05, 0) is 36.5 Å². The number of pyridine rings is 1. The van der Waals surface area contributed by atoms with E-state index in [-0.39, 0.29) is 66.4 Å². The first kappa shape index (κ1) is 26.6. The van der Waals surface area contributed by atoms with Gasteiger partial charge in [-0.15, -0.1) is 0 Å². The topological polar surface area (TPSA) is 106 Å². The van der Waals surface area contributed by atoms with E-state index in [2.05, 4.69) is 0 Å². The summed E-state index contributed by atoms with van der Waals surface area (Å²) in [4.78, 5) is 53.4. The van der Waals surface area contributed by atoms with Crippen molar-refractivity contribution in [1.29, 1.82) is 0 Å². The van der Waals surface area contributed by atoms with Crippen LogP contribution in [0.4, 0.5) is 4.39 Å². The van der Waals surface area contributed by atoms with Gasteiger partial charge in [0.25, 0.3) is 5.91 Å². The van der Waals surface area contributed by atoms with E-state index < -0.39 is 40.4 Å². The monoisotopic (exact) mass is 552 g/mol. The van der Waals surface area contributed by atoms with Crippen LogP contribution in [0.2, 0.25) is 5.02 Å². The van der Waals surface area contributed by atoms with Gasteiger partial charge in [0.05, 0.1) is 22.0 Å². The van der Waals surface area contributed by atoms with Crippen LogP contribution in [0.3, 0.4) is 0 Å². The maximum Gasteiger partial charge on any atom is 0.306 e. The van der Waals surface area contributed by atoms with Crippen LogP contribution < -0.4 is 10.2 Å². The number of carboxylic acids is 1. The Labute approximate surface area is 228 Å². The van der Waals surface area contributed by atoms with Crippen molar-refractivity contribution in [2.24, 2.45) is 5.92 Å². The van der Waals surface area contributed by atoms with Crippen LogP contribution in [-0.2, 0) is 23.4 Å². The molecule has 1 aliphatic heterocycles. The predicted octanol–water partition coefficient (Wildman–Crippen LogP) is 4.31. The number of ketones is 1. The fourth-order valence-electron chi connectivity index (χ4n) is 5.48. The van der Waals surface area contributed by atoms with Gasteiger partial charge in [-0.2, -0.15) is 0 Å². The number of benzene rings is 2. The molecule has 1 aromatic heterocycles. The second-order valence-corrected chi connectivity index (χ2v) is 10.6. The highest BCUT2D eigenvalue weighted by molar-refractivity contribution is 6.30. The van der Waals surface area contributed by atoms with Gasteiger partial charge in [-0.3, -0.25) is 19.2 Å². The zero-order valence-electron chi connectivity index (χ0n) is 21.2. The molecule has 39 heavy (non-hydrogen) atoms. The lowest BCUT2D eigenvalue weighted by Crippen LogP contribution is -2.60. The fraction of sp³-hybridized carbons (Fsp3) is 0.310. The highest BCUT2D eigenvalue weighted by Gasteiger charge is 2.54. The van der Waals surface area contributed by atoms with Gasteiger partial charge in [0.15, 0.2) is 17.2 Å². The van der Waals surface area contributed by atoms with Crippen LogP contribution in [0.15, 0.2) is 59.5 Å². The van der Waals surface area contributed by atoms with Crippen molar-refractivity contribution in [3.63, 3.8) is 0 Å². The number of aromatic nitrogens is 1. The van der Waals surface area contributed by atoms with E-state index in [4.69, 9.17) is 16.3 Å². The minimum atomic E-state index is -0.942. The van der Waals surface area contributed by atoms with Crippen molar-refractivity contribution in [3.8, 4) is 5.75 Å². The van der Waals surface area contributed by atoms with E-state index in [9.17, 15) is 28.7 Å². The van der Waals surface area contributed by atoms with Gasteiger partial charge >= 0.3 is 5.97 Å². The zero-order chi connectivity index (χ0) is 27.9. The Kier molecular flexibility index (Phi) is 7.03. The average molecular weight is 553 g/mol. The molecule has 10 heteroatoms. The van der Waals surface area contributed by atoms with E-state index >= 15 is 0 Å². The third kappa shape index (κ3) is 4.83. The normalized spacial score (nSPS) is 19.9. The van der Waals surface area contributed by atoms with Crippen molar-refractivity contribution in [3.05, 3.63) is 98.2 Å². The van der Waals surface area contributed by atoms with Crippen molar-refractivity contribution >= 4 is 29.3 Å². The van der Waals surface area contributed by atoms with E-state index in [1.165, 1.54) is 23.2 Å². The molecule has 0 unspecified atom stereocenters. The number of aliphatic carboxylic acids is 1. The highest BCUT2D eigenvalue weighted by Crippen LogP contribution is 2.48. The standard InChI is InChI=1S/C29H26ClFN2O6/c1-32-16-29(12-19(13-29)28(37)38)33-14-20(22(34)11-10-18-8-5-9-21(30)23(18)31)25(35)26(24(33)27(32)36)39-15-17-6-3-2-4-7-17/h2-9,14,19H,10-13,15-16H2,1H3,(H,37,38). The van der Waals surface area contributed by atoms with Crippen LogP contribution in [0, 0.1) is 11.7 Å². The quantitative estimate of drug-likeness (QED) is 0.417. The molecule has 2 aromatic carbocycles. The van der Waals surface area contributed by atoms with Crippen LogP contribution in [0.5, 0.6) is 5.75 Å². The number of Topliss-reactive ketones (excluding diaryl/α,β-unsaturated/α-hetero) is 1. The lowest BCUT2D eigenvalue weighted by Gasteiger charge is -2.53. The Balaban J connectivity index is 1.57. The second kappa shape index (κ2) is 10.3. The molecule has 1 spiro atoms. The number of carbonyl (C=O) groups excluding carboxylic acids is 2. The molecule has 2 heterocycles. The summed E-state index contributed by atoms with van der Waals surface area (Å²) in [7, 11) is 1.59. The molecule has 0 saturated heterocycles. The number of hydrogen-bond acceptors (Lipinski definition) is 5. The summed E-state index contributed by atoms with van der Waals surface area (Å²) in [5.74, 6) is -3.44. The smallest absolute Gasteiger partial charge is 0.306 e. The number of nitrogens with zero attached hydrogens (tertiary/aromatic N) is 2. The fourth-order valence-corrected chi connectivity index (χ4v) is 5.67. The third-order valence-corrected chi connectivity index (χ3v) is 7.83. The Bertz CT molecular complexity index is 1530. The zero-order valence-corrected chi connectivity index (χ0v) is 21.9. The van der Waals surface area contributed by atoms with Crippen LogP contribution in [0.25, 0.3) is 0 Å². The molecule has 3 aromatic rings. The Morgan fingerprint density at radius 3 is 2.54 bits per heavy atom. The lowest BCUT2D eigenvalue weighted by atomic mass is 9.66. The Morgan fingerprint density at radius 2 is 1.85 bits per heavy atom. The summed E-state index contributed by atoms with van der Waals surface area (Å²) >= 11 is 5.86. The molecule has 0 bridgehead atoms. The van der Waals surface area contributed by atoms with Crippen LogP contribution in [0.1, 0.15) is 51.2 Å². The van der Waals surface area contributed by atoms with Crippen molar-refractivity contribution in [2.45, 2.75) is 37.8 Å². The molecule has 2 aliphatic rings. The maximum atomic E-state index is 14.4. The number of ether oxygens (including phenoxy) is 1. The molecule has 0 atom stereocenters. The lowest BCUT2D eigenvalue weighted by molar-refractivity contribution is -0.150. The van der Waals surface area contributed by atoms with Gasteiger partial charge < -0.3 is 19.3 Å². The molecular weight excluding hydrogens is 527 g/mol. The number of likely N-dealkylation sites (N-methyl/N-ethyl adjacent to an activating group) is 1. The van der Waals surface area contributed by atoms with Gasteiger partial charge in [0, 0.05) is 26.2 Å². The molecule has 1 saturated carbocycles. The molecule has 1 aliphatic carbocycles. The van der Waals surface area contributed by atoms with E-state index in [0.29, 0.717) is 0 Å². The first-order valence-corrected chi connectivity index (χ1v) is 12.9. The predicted molar refractivity (Wildman–Crippen MR) is 141 cm³/mol. The van der Waals surface area contributed by atoms with Gasteiger partial charge in [0.2, 0.25) is 5.43 Å². The minimum Gasteiger partial charge on any atom is -0.483 e. The number of amides is 1. The SMILES string of the molecule is CN1CC2(CC(C(=O)O)C2)n2cc(C(=O)CCc3cccc(Cl)c3F)c(=O)c(OCc3ccccc3)c2C1=O. The minimum absolute atomic E-state index is 0.00837. The third-order valence-electron chi connectivity index (χ3n) is 7.54. The van der Waals surface area contributed by atoms with E-state index in [0.717, 1.165) is 5.56 Å². The largest absolute Gasteiger partial charge is 0.483 e. The summed E-state index contributed by atoms with van der Waals surface area (Å²) in [5.41, 5.74) is -0.739. The molecule has 1 N–H and O–H groups in total. The number of carboxylic acid groups (broad SMARTS) is 1. The molecule has 0 radical (unpaired) electrons. The summed E-state index contributed by atoms with van der Waals surface area (Å²) < 4.78 is 21.9. The van der Waals surface area contributed by atoms with Crippen molar-refractivity contribution in [1.82, 2.24) is 9.47 Å². The maximum absolute atomic E-state index is 14.4. The number of fused-ring (bicyclic) bond motifs is 2. The van der Waals surface area contributed by atoms with Gasteiger partial charge in [-0.25, -0.2) is 4.39 Å². The first-order valence-electron chi connectivity index (χ1n) is 12.5. The molecule has 1 fully saturated rings. The molecule has 1 amide bonds. The number of carbonyl (C=O) groups is 3. The Hall–Kier alpha value is -3.98. The molecule has 202 valence electrons. The van der Waals surface area contributed by atoms with Crippen LogP contribution in [-0.4, -0.2) is 45.8 Å². The van der Waals surface area contributed by atoms with E-state index in [1.54, 1.807) is 29.8 Å². The summed E-state index contributed by atoms with van der Waals surface area (Å²) in [5, 5.41) is 9.46. The second-order valence-electron chi connectivity index (χ2n) is 10.2. The van der Waals surface area contributed by atoms with E-state index in [1.807, 2.05) is 18.2 Å². The molecular formula is C29H26ClFN2O6.